The van der Waals surface area contributed by atoms with Gasteiger partial charge in [0.2, 0.25) is 0 Å². The minimum absolute atomic E-state index is 0.625. The van der Waals surface area contributed by atoms with E-state index in [1.165, 1.54) is 11.1 Å². The average Bonchev–Trinajstić information content (AvgIpc) is 2.82. The highest BCUT2D eigenvalue weighted by atomic mass is 79.9. The Bertz CT molecular complexity index is 394. The van der Waals surface area contributed by atoms with Crippen molar-refractivity contribution in [3.8, 4) is 0 Å². The van der Waals surface area contributed by atoms with Crippen LogP contribution < -0.4 is 0 Å². The zero-order valence-electron chi connectivity index (χ0n) is 9.10. The van der Waals surface area contributed by atoms with Gasteiger partial charge in [-0.2, -0.15) is 0 Å². The molecule has 1 atom stereocenters. The molecule has 2 heteroatoms. The van der Waals surface area contributed by atoms with E-state index < -0.39 is 0 Å². The van der Waals surface area contributed by atoms with Crippen LogP contribution in [-0.4, -0.2) is 5.33 Å². The van der Waals surface area contributed by atoms with Gasteiger partial charge in [-0.1, -0.05) is 46.3 Å². The minimum Gasteiger partial charge on any atom is -0.472 e. The van der Waals surface area contributed by atoms with Crippen LogP contribution >= 0.6 is 15.9 Å². The Morgan fingerprint density at radius 3 is 2.38 bits per heavy atom. The molecule has 0 N–H and O–H groups in total. The molecule has 0 spiro atoms. The summed E-state index contributed by atoms with van der Waals surface area (Å²) in [5.74, 6) is 0.625. The molecular formula is C14H15BrO. The molecule has 0 saturated carbocycles. The third-order valence-corrected chi connectivity index (χ3v) is 3.61. The van der Waals surface area contributed by atoms with Crippen LogP contribution in [0.5, 0.6) is 0 Å². The molecule has 0 radical (unpaired) electrons. The van der Waals surface area contributed by atoms with Crippen molar-refractivity contribution >= 4 is 15.9 Å². The van der Waals surface area contributed by atoms with Gasteiger partial charge in [0.1, 0.15) is 0 Å². The van der Waals surface area contributed by atoms with Crippen molar-refractivity contribution < 1.29 is 4.42 Å². The lowest BCUT2D eigenvalue weighted by molar-refractivity contribution is 0.550. The van der Waals surface area contributed by atoms with Gasteiger partial charge in [0.05, 0.1) is 12.5 Å². The number of hydrogen-bond donors (Lipinski definition) is 0. The SMILES string of the molecule is BrCC(Cc1ccccc1)Cc1ccoc1. The van der Waals surface area contributed by atoms with Crippen molar-refractivity contribution in [2.24, 2.45) is 5.92 Å². The van der Waals surface area contributed by atoms with E-state index in [0.717, 1.165) is 18.2 Å². The summed E-state index contributed by atoms with van der Waals surface area (Å²) in [4.78, 5) is 0. The summed E-state index contributed by atoms with van der Waals surface area (Å²) in [6.45, 7) is 0. The number of benzene rings is 1. The van der Waals surface area contributed by atoms with Crippen molar-refractivity contribution in [2.45, 2.75) is 12.8 Å². The highest BCUT2D eigenvalue weighted by Gasteiger charge is 2.09. The first kappa shape index (κ1) is 11.5. The Kier molecular flexibility index (Phi) is 4.23. The molecule has 0 bridgehead atoms. The zero-order valence-corrected chi connectivity index (χ0v) is 10.7. The van der Waals surface area contributed by atoms with Gasteiger partial charge in [-0.25, -0.2) is 0 Å². The molecule has 16 heavy (non-hydrogen) atoms. The molecule has 0 aliphatic carbocycles. The molecular weight excluding hydrogens is 264 g/mol. The standard InChI is InChI=1S/C14H15BrO/c15-10-14(9-13-6-7-16-11-13)8-12-4-2-1-3-5-12/h1-7,11,14H,8-10H2. The van der Waals surface area contributed by atoms with E-state index in [1.54, 1.807) is 6.26 Å². The summed E-state index contributed by atoms with van der Waals surface area (Å²) >= 11 is 3.59. The maximum Gasteiger partial charge on any atom is 0.0934 e. The molecule has 0 aliphatic rings. The number of alkyl halides is 1. The van der Waals surface area contributed by atoms with Crippen molar-refractivity contribution in [1.29, 1.82) is 0 Å². The van der Waals surface area contributed by atoms with Gasteiger partial charge >= 0.3 is 0 Å². The smallest absolute Gasteiger partial charge is 0.0934 e. The average molecular weight is 279 g/mol. The predicted octanol–water partition coefficient (Wildman–Crippen LogP) is 4.08. The van der Waals surface area contributed by atoms with Gasteiger partial charge < -0.3 is 4.42 Å². The highest BCUT2D eigenvalue weighted by molar-refractivity contribution is 9.09. The van der Waals surface area contributed by atoms with Gasteiger partial charge in [-0.15, -0.1) is 0 Å². The van der Waals surface area contributed by atoms with Crippen molar-refractivity contribution in [3.05, 3.63) is 60.1 Å². The van der Waals surface area contributed by atoms with E-state index in [1.807, 2.05) is 12.3 Å². The minimum atomic E-state index is 0.625. The monoisotopic (exact) mass is 278 g/mol. The van der Waals surface area contributed by atoms with Crippen LogP contribution in [0.1, 0.15) is 11.1 Å². The summed E-state index contributed by atoms with van der Waals surface area (Å²) in [7, 11) is 0. The Balaban J connectivity index is 1.96. The molecule has 0 amide bonds. The molecule has 0 fully saturated rings. The molecule has 2 rings (SSSR count). The van der Waals surface area contributed by atoms with Gasteiger partial charge in [-0.05, 0) is 36.0 Å². The topological polar surface area (TPSA) is 13.1 Å². The summed E-state index contributed by atoms with van der Waals surface area (Å²) in [6.07, 6.45) is 5.75. The Labute approximate surface area is 105 Å². The summed E-state index contributed by atoms with van der Waals surface area (Å²) < 4.78 is 5.09. The second kappa shape index (κ2) is 5.90. The van der Waals surface area contributed by atoms with E-state index in [-0.39, 0.29) is 0 Å². The van der Waals surface area contributed by atoms with Crippen LogP contribution in [0.2, 0.25) is 0 Å². The fraction of sp³-hybridized carbons (Fsp3) is 0.286. The molecule has 0 saturated heterocycles. The first-order chi connectivity index (χ1) is 7.88. The van der Waals surface area contributed by atoms with E-state index in [9.17, 15) is 0 Å². The second-order valence-corrected chi connectivity index (χ2v) is 4.69. The molecule has 1 aromatic heterocycles. The van der Waals surface area contributed by atoms with E-state index in [2.05, 4.69) is 46.3 Å². The van der Waals surface area contributed by atoms with E-state index >= 15 is 0 Å². The van der Waals surface area contributed by atoms with Gasteiger partial charge in [0, 0.05) is 5.33 Å². The molecule has 1 unspecified atom stereocenters. The van der Waals surface area contributed by atoms with Crippen molar-refractivity contribution in [2.75, 3.05) is 5.33 Å². The largest absolute Gasteiger partial charge is 0.472 e. The fourth-order valence-corrected chi connectivity index (χ4v) is 2.33. The fourth-order valence-electron chi connectivity index (χ4n) is 1.87. The summed E-state index contributed by atoms with van der Waals surface area (Å²) in [5.41, 5.74) is 2.68. The second-order valence-electron chi connectivity index (χ2n) is 4.05. The number of hydrogen-bond acceptors (Lipinski definition) is 1. The van der Waals surface area contributed by atoms with Gasteiger partial charge in [0.15, 0.2) is 0 Å². The maximum atomic E-state index is 5.09. The Morgan fingerprint density at radius 2 is 1.75 bits per heavy atom. The predicted molar refractivity (Wildman–Crippen MR) is 69.8 cm³/mol. The lowest BCUT2D eigenvalue weighted by atomic mass is 9.95. The lowest BCUT2D eigenvalue weighted by Crippen LogP contribution is -2.09. The zero-order chi connectivity index (χ0) is 11.2. The van der Waals surface area contributed by atoms with Crippen LogP contribution in [0.4, 0.5) is 0 Å². The van der Waals surface area contributed by atoms with Gasteiger partial charge in [-0.3, -0.25) is 0 Å². The molecule has 1 heterocycles. The maximum absolute atomic E-state index is 5.09. The van der Waals surface area contributed by atoms with E-state index in [4.69, 9.17) is 4.42 Å². The molecule has 84 valence electrons. The molecule has 2 aromatic rings. The molecule has 1 aromatic carbocycles. The number of rotatable bonds is 5. The van der Waals surface area contributed by atoms with E-state index in [0.29, 0.717) is 5.92 Å². The Morgan fingerprint density at radius 1 is 1.00 bits per heavy atom. The van der Waals surface area contributed by atoms with Crippen molar-refractivity contribution in [1.82, 2.24) is 0 Å². The number of furan rings is 1. The van der Waals surface area contributed by atoms with Crippen LogP contribution in [0.15, 0.2) is 53.3 Å². The Hall–Kier alpha value is -1.02. The third kappa shape index (κ3) is 3.24. The molecule has 0 aliphatic heterocycles. The summed E-state index contributed by atoms with van der Waals surface area (Å²) in [6, 6.07) is 12.7. The van der Waals surface area contributed by atoms with Crippen LogP contribution in [0.25, 0.3) is 0 Å². The highest BCUT2D eigenvalue weighted by Crippen LogP contribution is 2.17. The van der Waals surface area contributed by atoms with Crippen LogP contribution in [-0.2, 0) is 12.8 Å². The normalized spacial score (nSPS) is 12.6. The van der Waals surface area contributed by atoms with Crippen LogP contribution in [0, 0.1) is 5.92 Å². The quantitative estimate of drug-likeness (QED) is 0.752. The van der Waals surface area contributed by atoms with Crippen LogP contribution in [0.3, 0.4) is 0 Å². The lowest BCUT2D eigenvalue weighted by Gasteiger charge is -2.12. The first-order valence-electron chi connectivity index (χ1n) is 5.49. The van der Waals surface area contributed by atoms with Crippen molar-refractivity contribution in [3.63, 3.8) is 0 Å². The molecule has 1 nitrogen and oxygen atoms in total. The summed E-state index contributed by atoms with van der Waals surface area (Å²) in [5, 5.41) is 1.02. The third-order valence-electron chi connectivity index (χ3n) is 2.69. The first-order valence-corrected chi connectivity index (χ1v) is 6.61. The van der Waals surface area contributed by atoms with Gasteiger partial charge in [0.25, 0.3) is 0 Å². The number of halogens is 1.